The van der Waals surface area contributed by atoms with E-state index < -0.39 is 10.6 Å². The van der Waals surface area contributed by atoms with Crippen LogP contribution in [0.15, 0.2) is 60.7 Å². The quantitative estimate of drug-likeness (QED) is 0.486. The molecule has 0 aliphatic carbocycles. The van der Waals surface area contributed by atoms with Crippen molar-refractivity contribution in [2.75, 3.05) is 0 Å². The first kappa shape index (κ1) is 11.5. The number of benzene rings is 2. The maximum Gasteiger partial charge on any atom is 0.356 e. The highest BCUT2D eigenvalue weighted by Gasteiger charge is 2.38. The van der Waals surface area contributed by atoms with Gasteiger partial charge >= 0.3 is 5.91 Å². The zero-order valence-electron chi connectivity index (χ0n) is 9.28. The summed E-state index contributed by atoms with van der Waals surface area (Å²) < 4.78 is -0.915. The zero-order valence-corrected chi connectivity index (χ0v) is 9.28. The summed E-state index contributed by atoms with van der Waals surface area (Å²) in [6.07, 6.45) is 0. The fraction of sp³-hybridized carbons (Fsp3) is 0. The molecule has 0 fully saturated rings. The van der Waals surface area contributed by atoms with Crippen LogP contribution in [0.25, 0.3) is 0 Å². The summed E-state index contributed by atoms with van der Waals surface area (Å²) >= 11 is 0. The van der Waals surface area contributed by atoms with Crippen molar-refractivity contribution in [2.45, 2.75) is 0 Å². The van der Waals surface area contributed by atoms with E-state index in [9.17, 15) is 10.0 Å². The topological polar surface area (TPSA) is 37.3 Å². The van der Waals surface area contributed by atoms with Gasteiger partial charge in [-0.3, -0.25) is 0 Å². The predicted molar refractivity (Wildman–Crippen MR) is 66.5 cm³/mol. The first-order valence-corrected chi connectivity index (χ1v) is 5.25. The van der Waals surface area contributed by atoms with Gasteiger partial charge in [-0.05, 0) is 0 Å². The molecule has 1 amide bonds. The van der Waals surface area contributed by atoms with Gasteiger partial charge in [0, 0.05) is 24.3 Å². The largest absolute Gasteiger partial charge is 0.356 e. The Balaban J connectivity index is 2.59. The van der Waals surface area contributed by atoms with Gasteiger partial charge in [-0.1, -0.05) is 41.0 Å². The van der Waals surface area contributed by atoms with Gasteiger partial charge in [0.25, 0.3) is 0 Å². The van der Waals surface area contributed by atoms with Crippen molar-refractivity contribution >= 4 is 17.3 Å². The third kappa shape index (κ3) is 1.98. The summed E-state index contributed by atoms with van der Waals surface area (Å²) in [4.78, 5) is 11.7. The van der Waals surface area contributed by atoms with Crippen molar-refractivity contribution in [3.8, 4) is 0 Å². The number of amides is 1. The Morgan fingerprint density at radius 1 is 0.882 bits per heavy atom. The third-order valence-electron chi connectivity index (χ3n) is 2.62. The average molecular weight is 227 g/mol. The molecule has 0 atom stereocenters. The van der Waals surface area contributed by atoms with Gasteiger partial charge < -0.3 is 0 Å². The second kappa shape index (κ2) is 4.49. The number of carbonyl (C=O) groups is 1. The first-order chi connectivity index (χ1) is 8.15. The first-order valence-electron chi connectivity index (χ1n) is 5.25. The SMILES string of the molecule is [CH2]C(=O)[N+](O)(c1ccccc1)c1ccccc1. The van der Waals surface area contributed by atoms with Crippen LogP contribution in [0.2, 0.25) is 0 Å². The summed E-state index contributed by atoms with van der Waals surface area (Å²) in [5, 5.41) is 10.6. The Hall–Kier alpha value is -1.97. The average Bonchev–Trinajstić information content (AvgIpc) is 2.39. The van der Waals surface area contributed by atoms with Crippen molar-refractivity contribution in [1.82, 2.24) is 4.65 Å². The van der Waals surface area contributed by atoms with E-state index in [0.717, 1.165) is 0 Å². The van der Waals surface area contributed by atoms with Gasteiger partial charge in [0.1, 0.15) is 0 Å². The molecular weight excluding hydrogens is 214 g/mol. The Kier molecular flexibility index (Phi) is 3.04. The number of carbonyl (C=O) groups excluding carboxylic acids is 1. The molecule has 0 aliphatic heterocycles. The molecule has 2 aromatic carbocycles. The molecule has 0 bridgehead atoms. The maximum atomic E-state index is 11.7. The molecule has 1 radical (unpaired) electrons. The maximum absolute atomic E-state index is 11.7. The van der Waals surface area contributed by atoms with Crippen LogP contribution >= 0.6 is 0 Å². The molecule has 0 saturated carbocycles. The lowest BCUT2D eigenvalue weighted by molar-refractivity contribution is -0.144. The lowest BCUT2D eigenvalue weighted by Gasteiger charge is -2.24. The number of para-hydroxylation sites is 2. The number of hydrogen-bond acceptors (Lipinski definition) is 2. The second-order valence-electron chi connectivity index (χ2n) is 3.70. The van der Waals surface area contributed by atoms with E-state index >= 15 is 0 Å². The van der Waals surface area contributed by atoms with E-state index in [1.807, 2.05) is 12.1 Å². The molecule has 0 unspecified atom stereocenters. The molecule has 0 saturated heterocycles. The fourth-order valence-corrected chi connectivity index (χ4v) is 1.72. The second-order valence-corrected chi connectivity index (χ2v) is 3.70. The summed E-state index contributed by atoms with van der Waals surface area (Å²) in [6.45, 7) is 3.35. The number of hydrogen-bond donors (Lipinski definition) is 1. The molecule has 0 heterocycles. The van der Waals surface area contributed by atoms with Gasteiger partial charge in [-0.2, -0.15) is 5.21 Å². The smallest absolute Gasteiger partial charge is 0.226 e. The molecule has 3 nitrogen and oxygen atoms in total. The molecule has 85 valence electrons. The van der Waals surface area contributed by atoms with Crippen molar-refractivity contribution in [1.29, 1.82) is 0 Å². The summed E-state index contributed by atoms with van der Waals surface area (Å²) in [6, 6.07) is 17.5. The number of nitrogens with zero attached hydrogens (tertiary/aromatic N) is 1. The highest BCUT2D eigenvalue weighted by Crippen LogP contribution is 2.31. The van der Waals surface area contributed by atoms with Gasteiger partial charge in [0.2, 0.25) is 0 Å². The van der Waals surface area contributed by atoms with Crippen molar-refractivity contribution in [3.05, 3.63) is 67.6 Å². The van der Waals surface area contributed by atoms with E-state index in [1.54, 1.807) is 48.5 Å². The number of quaternary nitrogens is 1. The van der Waals surface area contributed by atoms with Gasteiger partial charge in [0.05, 0.1) is 6.92 Å². The Morgan fingerprint density at radius 2 is 1.24 bits per heavy atom. The minimum absolute atomic E-state index is 0.471. The standard InChI is InChI=1S/C14H13NO2/c1-12(16)15(17,13-8-4-2-5-9-13)14-10-6-3-7-11-14/h2-11,17H,1H2/q+1. The Labute approximate surface area is 100 Å². The minimum Gasteiger partial charge on any atom is -0.226 e. The summed E-state index contributed by atoms with van der Waals surface area (Å²) in [7, 11) is 0. The predicted octanol–water partition coefficient (Wildman–Crippen LogP) is 3.08. The van der Waals surface area contributed by atoms with Gasteiger partial charge in [0.15, 0.2) is 11.4 Å². The Morgan fingerprint density at radius 3 is 1.53 bits per heavy atom. The summed E-state index contributed by atoms with van der Waals surface area (Å²) in [5.74, 6) is -0.595. The van der Waals surface area contributed by atoms with Crippen LogP contribution in [-0.4, -0.2) is 11.1 Å². The van der Waals surface area contributed by atoms with Crippen molar-refractivity contribution in [3.63, 3.8) is 0 Å². The van der Waals surface area contributed by atoms with E-state index in [2.05, 4.69) is 6.92 Å². The molecule has 2 aromatic rings. The normalized spacial score (nSPS) is 11.2. The zero-order chi connectivity index (χ0) is 12.3. The Bertz CT molecular complexity index is 469. The molecular formula is C14H13NO2+. The third-order valence-corrected chi connectivity index (χ3v) is 2.62. The highest BCUT2D eigenvalue weighted by molar-refractivity contribution is 5.95. The minimum atomic E-state index is -0.915. The van der Waals surface area contributed by atoms with E-state index in [-0.39, 0.29) is 0 Å². The van der Waals surface area contributed by atoms with Crippen LogP contribution in [-0.2, 0) is 4.79 Å². The number of hydroxylamine groups is 1. The summed E-state index contributed by atoms with van der Waals surface area (Å²) in [5.41, 5.74) is 0.942. The number of rotatable bonds is 2. The molecule has 0 aliphatic rings. The lowest BCUT2D eigenvalue weighted by atomic mass is 10.2. The van der Waals surface area contributed by atoms with Gasteiger partial charge in [-0.15, -0.1) is 0 Å². The van der Waals surface area contributed by atoms with E-state index in [1.165, 1.54) is 0 Å². The molecule has 17 heavy (non-hydrogen) atoms. The molecule has 0 aromatic heterocycles. The van der Waals surface area contributed by atoms with Crippen LogP contribution in [0.4, 0.5) is 11.4 Å². The van der Waals surface area contributed by atoms with Crippen LogP contribution < -0.4 is 4.65 Å². The van der Waals surface area contributed by atoms with Crippen molar-refractivity contribution < 1.29 is 10.0 Å². The molecule has 3 heteroatoms. The van der Waals surface area contributed by atoms with E-state index in [0.29, 0.717) is 11.4 Å². The van der Waals surface area contributed by atoms with Crippen LogP contribution in [0, 0.1) is 6.92 Å². The van der Waals surface area contributed by atoms with Crippen LogP contribution in [0.1, 0.15) is 0 Å². The van der Waals surface area contributed by atoms with Crippen LogP contribution in [0.3, 0.4) is 0 Å². The van der Waals surface area contributed by atoms with Crippen LogP contribution in [0.5, 0.6) is 0 Å². The molecule has 0 spiro atoms. The van der Waals surface area contributed by atoms with E-state index in [4.69, 9.17) is 0 Å². The lowest BCUT2D eigenvalue weighted by Crippen LogP contribution is -2.45. The molecule has 1 N–H and O–H groups in total. The highest BCUT2D eigenvalue weighted by atomic mass is 16.6. The monoisotopic (exact) mass is 227 g/mol. The van der Waals surface area contributed by atoms with Gasteiger partial charge in [-0.25, -0.2) is 4.79 Å². The fourth-order valence-electron chi connectivity index (χ4n) is 1.72. The van der Waals surface area contributed by atoms with Crippen molar-refractivity contribution in [2.24, 2.45) is 0 Å². The molecule has 2 rings (SSSR count).